The summed E-state index contributed by atoms with van der Waals surface area (Å²) in [5, 5.41) is 10.00. The van der Waals surface area contributed by atoms with E-state index in [0.717, 1.165) is 33.4 Å². The van der Waals surface area contributed by atoms with Gasteiger partial charge in [-0.25, -0.2) is 4.79 Å². The fourth-order valence-electron chi connectivity index (χ4n) is 4.43. The number of carboxylic acids is 1. The second kappa shape index (κ2) is 13.1. The molecule has 1 aliphatic heterocycles. The number of hydrogen-bond acceptors (Lipinski definition) is 6. The van der Waals surface area contributed by atoms with Crippen molar-refractivity contribution in [3.63, 3.8) is 0 Å². The molecule has 5 rings (SSSR count). The van der Waals surface area contributed by atoms with Gasteiger partial charge in [0.2, 0.25) is 0 Å². The Hall–Kier alpha value is -4.40. The smallest absolute Gasteiger partial charge is 0.331 e. The normalized spacial score (nSPS) is 14.7. The van der Waals surface area contributed by atoms with Gasteiger partial charge in [-0.2, -0.15) is 0 Å². The average molecular weight is 596 g/mol. The Morgan fingerprint density at radius 1 is 0.881 bits per heavy atom. The zero-order chi connectivity index (χ0) is 29.6. The van der Waals surface area contributed by atoms with E-state index in [4.69, 9.17) is 21.7 Å². The van der Waals surface area contributed by atoms with E-state index in [0.29, 0.717) is 40.7 Å². The average Bonchev–Trinajstić information content (AvgIpc) is 3.26. The SMILES string of the molecule is Cc1ccc(COc2ccc(/C=C3/SC(=S)N(C(C(=O)O)c4ccccc4)C3=O)c(OCc3ccc(C)cc3)c2)cc1. The molecule has 0 spiro atoms. The lowest BCUT2D eigenvalue weighted by Crippen LogP contribution is -2.37. The summed E-state index contributed by atoms with van der Waals surface area (Å²) in [6.07, 6.45) is 1.69. The van der Waals surface area contributed by atoms with Crippen LogP contribution in [0.4, 0.5) is 0 Å². The van der Waals surface area contributed by atoms with Gasteiger partial charge in [0, 0.05) is 11.6 Å². The summed E-state index contributed by atoms with van der Waals surface area (Å²) in [5.74, 6) is -0.476. The molecule has 6 nitrogen and oxygen atoms in total. The lowest BCUT2D eigenvalue weighted by molar-refractivity contribution is -0.145. The number of hydrogen-bond donors (Lipinski definition) is 1. The minimum absolute atomic E-state index is 0.183. The van der Waals surface area contributed by atoms with Crippen molar-refractivity contribution in [2.75, 3.05) is 0 Å². The monoisotopic (exact) mass is 595 g/mol. The molecular weight excluding hydrogens is 567 g/mol. The highest BCUT2D eigenvalue weighted by molar-refractivity contribution is 8.26. The van der Waals surface area contributed by atoms with Gasteiger partial charge in [0.05, 0.1) is 4.91 Å². The van der Waals surface area contributed by atoms with Crippen molar-refractivity contribution in [1.82, 2.24) is 4.90 Å². The van der Waals surface area contributed by atoms with Crippen LogP contribution in [-0.4, -0.2) is 26.2 Å². The number of thiocarbonyl (C=S) groups is 1. The molecular formula is C34H29NO5S2. The molecule has 0 radical (unpaired) electrons. The number of aryl methyl sites for hydroxylation is 2. The molecule has 4 aromatic rings. The van der Waals surface area contributed by atoms with Crippen LogP contribution in [0.2, 0.25) is 0 Å². The van der Waals surface area contributed by atoms with Crippen LogP contribution in [0.25, 0.3) is 6.08 Å². The molecule has 0 bridgehead atoms. The standard InChI is InChI=1S/C34H29NO5S2/c1-22-8-12-24(13-9-22)20-39-28-17-16-27(29(19-28)40-21-25-14-10-23(2)11-15-25)18-30-32(36)35(34(41)42-30)31(33(37)38)26-6-4-3-5-7-26/h3-19,31H,20-21H2,1-2H3,(H,37,38)/b30-18+. The minimum atomic E-state index is -1.22. The highest BCUT2D eigenvalue weighted by Crippen LogP contribution is 2.40. The van der Waals surface area contributed by atoms with E-state index in [2.05, 4.69) is 0 Å². The Morgan fingerprint density at radius 2 is 1.48 bits per heavy atom. The molecule has 8 heteroatoms. The van der Waals surface area contributed by atoms with E-state index in [1.807, 2.05) is 74.5 Å². The van der Waals surface area contributed by atoms with Gasteiger partial charge in [-0.15, -0.1) is 0 Å². The quantitative estimate of drug-likeness (QED) is 0.150. The van der Waals surface area contributed by atoms with Gasteiger partial charge in [0.15, 0.2) is 6.04 Å². The zero-order valence-corrected chi connectivity index (χ0v) is 24.8. The number of thioether (sulfide) groups is 1. The Kier molecular flexibility index (Phi) is 9.05. The molecule has 0 aliphatic carbocycles. The second-order valence-electron chi connectivity index (χ2n) is 9.95. The van der Waals surface area contributed by atoms with Gasteiger partial charge >= 0.3 is 5.97 Å². The molecule has 1 fully saturated rings. The predicted molar refractivity (Wildman–Crippen MR) is 169 cm³/mol. The van der Waals surface area contributed by atoms with Gasteiger partial charge in [0.1, 0.15) is 29.0 Å². The molecule has 0 saturated carbocycles. The van der Waals surface area contributed by atoms with Crippen molar-refractivity contribution in [1.29, 1.82) is 0 Å². The van der Waals surface area contributed by atoms with E-state index in [-0.39, 0.29) is 4.32 Å². The fourth-order valence-corrected chi connectivity index (χ4v) is 5.73. The molecule has 0 aromatic heterocycles. The van der Waals surface area contributed by atoms with Crippen LogP contribution in [-0.2, 0) is 22.8 Å². The fraction of sp³-hybridized carbons (Fsp3) is 0.147. The van der Waals surface area contributed by atoms with E-state index >= 15 is 0 Å². The van der Waals surface area contributed by atoms with E-state index in [1.54, 1.807) is 42.5 Å². The van der Waals surface area contributed by atoms with Crippen LogP contribution in [0.1, 0.15) is 39.4 Å². The molecule has 1 amide bonds. The van der Waals surface area contributed by atoms with Crippen molar-refractivity contribution >= 4 is 46.3 Å². The first kappa shape index (κ1) is 29.1. The predicted octanol–water partition coefficient (Wildman–Crippen LogP) is 7.49. The Bertz CT molecular complexity index is 1630. The summed E-state index contributed by atoms with van der Waals surface area (Å²) in [5.41, 5.74) is 5.50. The first-order chi connectivity index (χ1) is 20.3. The molecule has 1 atom stereocenters. The van der Waals surface area contributed by atoms with Crippen molar-refractivity contribution in [3.05, 3.63) is 135 Å². The van der Waals surface area contributed by atoms with Crippen LogP contribution in [0, 0.1) is 13.8 Å². The van der Waals surface area contributed by atoms with Gasteiger partial charge in [-0.05, 0) is 48.7 Å². The molecule has 212 valence electrons. The number of carboxylic acid groups (broad SMARTS) is 1. The van der Waals surface area contributed by atoms with Gasteiger partial charge in [0.25, 0.3) is 5.91 Å². The van der Waals surface area contributed by atoms with Crippen molar-refractivity contribution in [2.24, 2.45) is 0 Å². The van der Waals surface area contributed by atoms with Gasteiger partial charge < -0.3 is 14.6 Å². The highest BCUT2D eigenvalue weighted by Gasteiger charge is 2.41. The summed E-state index contributed by atoms with van der Waals surface area (Å²) < 4.78 is 12.5. The third-order valence-corrected chi connectivity index (χ3v) is 8.07. The number of aliphatic carboxylic acids is 1. The number of ether oxygens (including phenoxy) is 2. The Labute approximate surface area is 254 Å². The molecule has 1 heterocycles. The van der Waals surface area contributed by atoms with Crippen LogP contribution in [0.15, 0.2) is 102 Å². The maximum absolute atomic E-state index is 13.5. The number of rotatable bonds is 10. The molecule has 1 aliphatic rings. The first-order valence-electron chi connectivity index (χ1n) is 13.3. The summed E-state index contributed by atoms with van der Waals surface area (Å²) in [4.78, 5) is 27.3. The number of benzene rings is 4. The van der Waals surface area contributed by atoms with Gasteiger partial charge in [-0.1, -0.05) is 114 Å². The van der Waals surface area contributed by atoms with Crippen LogP contribution in [0.5, 0.6) is 11.5 Å². The molecule has 4 aromatic carbocycles. The van der Waals surface area contributed by atoms with Gasteiger partial charge in [-0.3, -0.25) is 9.69 Å². The Morgan fingerprint density at radius 3 is 2.07 bits per heavy atom. The van der Waals surface area contributed by atoms with Crippen LogP contribution < -0.4 is 9.47 Å². The maximum Gasteiger partial charge on any atom is 0.331 e. The number of carbonyl (C=O) groups excluding carboxylic acids is 1. The van der Waals surface area contributed by atoms with Crippen molar-refractivity contribution in [2.45, 2.75) is 33.1 Å². The van der Waals surface area contributed by atoms with E-state index in [9.17, 15) is 14.7 Å². The lowest BCUT2D eigenvalue weighted by atomic mass is 10.1. The molecule has 1 N–H and O–H groups in total. The van der Waals surface area contributed by atoms with Crippen molar-refractivity contribution in [3.8, 4) is 11.5 Å². The Balaban J connectivity index is 1.43. The molecule has 1 saturated heterocycles. The third-order valence-electron chi connectivity index (χ3n) is 6.74. The zero-order valence-electron chi connectivity index (χ0n) is 23.2. The van der Waals surface area contributed by atoms with E-state index < -0.39 is 17.9 Å². The summed E-state index contributed by atoms with van der Waals surface area (Å²) >= 11 is 6.56. The van der Waals surface area contributed by atoms with Crippen molar-refractivity contribution < 1.29 is 24.2 Å². The molecule has 1 unspecified atom stereocenters. The maximum atomic E-state index is 13.5. The van der Waals surface area contributed by atoms with E-state index in [1.165, 1.54) is 5.56 Å². The summed E-state index contributed by atoms with van der Waals surface area (Å²) in [6.45, 7) is 4.78. The van der Waals surface area contributed by atoms with Crippen LogP contribution >= 0.6 is 24.0 Å². The summed E-state index contributed by atoms with van der Waals surface area (Å²) in [7, 11) is 0. The highest BCUT2D eigenvalue weighted by atomic mass is 32.2. The topological polar surface area (TPSA) is 76.1 Å². The number of amides is 1. The number of nitrogens with zero attached hydrogens (tertiary/aromatic N) is 1. The summed E-state index contributed by atoms with van der Waals surface area (Å²) in [6, 6.07) is 29.0. The second-order valence-corrected chi connectivity index (χ2v) is 11.6. The minimum Gasteiger partial charge on any atom is -0.489 e. The number of carbonyl (C=O) groups is 2. The first-order valence-corrected chi connectivity index (χ1v) is 14.6. The molecule has 42 heavy (non-hydrogen) atoms. The lowest BCUT2D eigenvalue weighted by Gasteiger charge is -2.23. The van der Waals surface area contributed by atoms with Crippen LogP contribution in [0.3, 0.4) is 0 Å². The largest absolute Gasteiger partial charge is 0.489 e. The third kappa shape index (κ3) is 6.90.